The van der Waals surface area contributed by atoms with Gasteiger partial charge in [-0.05, 0) is 67.4 Å². The molecule has 1 atom stereocenters. The van der Waals surface area contributed by atoms with Crippen LogP contribution in [0.15, 0.2) is 54.6 Å². The van der Waals surface area contributed by atoms with E-state index in [-0.39, 0.29) is 0 Å². The van der Waals surface area contributed by atoms with Gasteiger partial charge in [-0.1, -0.05) is 42.5 Å². The van der Waals surface area contributed by atoms with Crippen molar-refractivity contribution in [3.8, 4) is 0 Å². The van der Waals surface area contributed by atoms with Crippen LogP contribution in [0.5, 0.6) is 0 Å². The molecular weight excluding hydrogens is 350 g/mol. The number of aryl methyl sites for hydroxylation is 1. The van der Waals surface area contributed by atoms with Crippen LogP contribution in [-0.2, 0) is 11.3 Å². The van der Waals surface area contributed by atoms with Gasteiger partial charge in [-0.25, -0.2) is 0 Å². The predicted octanol–water partition coefficient (Wildman–Crippen LogP) is 5.79. The Balaban J connectivity index is 1.45. The number of likely N-dealkylation sites (tertiary alicyclic amines) is 1. The van der Waals surface area contributed by atoms with Gasteiger partial charge in [-0.15, -0.1) is 11.3 Å². The molecule has 1 unspecified atom stereocenters. The van der Waals surface area contributed by atoms with Crippen LogP contribution in [0, 0.1) is 12.8 Å². The SMILES string of the molecule is Cc1ccc2cc(C(CC=O)C3CCN(Cc4ccccc4)CC3)sc2c1. The fourth-order valence-corrected chi connectivity index (χ4v) is 5.71. The van der Waals surface area contributed by atoms with E-state index in [1.54, 1.807) is 0 Å². The van der Waals surface area contributed by atoms with Gasteiger partial charge in [0.1, 0.15) is 6.29 Å². The van der Waals surface area contributed by atoms with Crippen molar-refractivity contribution in [1.82, 2.24) is 4.90 Å². The van der Waals surface area contributed by atoms with Crippen molar-refractivity contribution in [2.75, 3.05) is 13.1 Å². The summed E-state index contributed by atoms with van der Waals surface area (Å²) >= 11 is 1.88. The largest absolute Gasteiger partial charge is 0.303 e. The highest BCUT2D eigenvalue weighted by molar-refractivity contribution is 7.19. The molecule has 4 rings (SSSR count). The Morgan fingerprint density at radius 1 is 1.11 bits per heavy atom. The normalized spacial score (nSPS) is 17.2. The summed E-state index contributed by atoms with van der Waals surface area (Å²) in [6, 6.07) is 19.7. The molecule has 1 aromatic heterocycles. The van der Waals surface area contributed by atoms with Crippen molar-refractivity contribution < 1.29 is 4.79 Å². The van der Waals surface area contributed by atoms with E-state index in [0.717, 1.165) is 25.9 Å². The van der Waals surface area contributed by atoms with Crippen molar-refractivity contribution in [3.05, 3.63) is 70.6 Å². The second kappa shape index (κ2) is 8.37. The zero-order chi connectivity index (χ0) is 18.6. The van der Waals surface area contributed by atoms with Crippen LogP contribution in [0.3, 0.4) is 0 Å². The van der Waals surface area contributed by atoms with Crippen LogP contribution in [0.2, 0.25) is 0 Å². The molecule has 0 spiro atoms. The standard InChI is InChI=1S/C24H27NOS/c1-18-7-8-21-16-24(27-23(21)15-18)22(11-14-26)20-9-12-25(13-10-20)17-19-5-3-2-4-6-19/h2-8,14-16,20,22H,9-13,17H2,1H3. The number of carbonyl (C=O) groups is 1. The highest BCUT2D eigenvalue weighted by Crippen LogP contribution is 2.40. The lowest BCUT2D eigenvalue weighted by molar-refractivity contribution is -0.108. The van der Waals surface area contributed by atoms with E-state index >= 15 is 0 Å². The highest BCUT2D eigenvalue weighted by atomic mass is 32.1. The number of hydrogen-bond donors (Lipinski definition) is 0. The fourth-order valence-electron chi connectivity index (χ4n) is 4.34. The lowest BCUT2D eigenvalue weighted by Gasteiger charge is -2.35. The number of nitrogens with zero attached hydrogens (tertiary/aromatic N) is 1. The van der Waals surface area contributed by atoms with E-state index in [1.807, 2.05) is 11.3 Å². The predicted molar refractivity (Wildman–Crippen MR) is 114 cm³/mol. The van der Waals surface area contributed by atoms with Gasteiger partial charge in [0.15, 0.2) is 0 Å². The van der Waals surface area contributed by atoms with Gasteiger partial charge >= 0.3 is 0 Å². The van der Waals surface area contributed by atoms with Crippen molar-refractivity contribution >= 4 is 27.7 Å². The third-order valence-corrected chi connectivity index (χ3v) is 7.09. The minimum atomic E-state index is 0.374. The zero-order valence-corrected chi connectivity index (χ0v) is 16.8. The van der Waals surface area contributed by atoms with Gasteiger partial charge in [0.25, 0.3) is 0 Å². The summed E-state index contributed by atoms with van der Waals surface area (Å²) < 4.78 is 1.35. The Hall–Kier alpha value is -1.97. The van der Waals surface area contributed by atoms with Crippen LogP contribution >= 0.6 is 11.3 Å². The summed E-state index contributed by atoms with van der Waals surface area (Å²) in [5, 5.41) is 1.32. The summed E-state index contributed by atoms with van der Waals surface area (Å²) in [5.74, 6) is 0.982. The van der Waals surface area contributed by atoms with E-state index in [1.165, 1.54) is 38.9 Å². The molecule has 2 heterocycles. The number of fused-ring (bicyclic) bond motifs is 1. The molecule has 2 nitrogen and oxygen atoms in total. The van der Waals surface area contributed by atoms with E-state index in [9.17, 15) is 4.79 Å². The number of benzene rings is 2. The highest BCUT2D eigenvalue weighted by Gasteiger charge is 2.28. The molecule has 140 valence electrons. The zero-order valence-electron chi connectivity index (χ0n) is 15.9. The smallest absolute Gasteiger partial charge is 0.120 e. The van der Waals surface area contributed by atoms with Gasteiger partial charge in [0.05, 0.1) is 0 Å². The summed E-state index contributed by atoms with van der Waals surface area (Å²) in [6.45, 7) is 5.43. The molecule has 0 bridgehead atoms. The average Bonchev–Trinajstić information content (AvgIpc) is 3.10. The molecule has 0 aliphatic carbocycles. The lowest BCUT2D eigenvalue weighted by Crippen LogP contribution is -2.35. The molecule has 1 fully saturated rings. The van der Waals surface area contributed by atoms with Crippen molar-refractivity contribution in [2.45, 2.75) is 38.6 Å². The molecule has 3 aromatic rings. The summed E-state index contributed by atoms with van der Waals surface area (Å²) in [6.07, 6.45) is 4.13. The second-order valence-corrected chi connectivity index (χ2v) is 8.91. The summed E-state index contributed by atoms with van der Waals surface area (Å²) in [4.78, 5) is 15.3. The summed E-state index contributed by atoms with van der Waals surface area (Å²) in [7, 11) is 0. The maximum absolute atomic E-state index is 11.4. The van der Waals surface area contributed by atoms with Crippen molar-refractivity contribution in [3.63, 3.8) is 0 Å². The van der Waals surface area contributed by atoms with E-state index in [0.29, 0.717) is 18.3 Å². The van der Waals surface area contributed by atoms with Gasteiger partial charge in [0.2, 0.25) is 0 Å². The first-order chi connectivity index (χ1) is 13.2. The third-order valence-electron chi connectivity index (χ3n) is 5.86. The first-order valence-electron chi connectivity index (χ1n) is 9.93. The summed E-state index contributed by atoms with van der Waals surface area (Å²) in [5.41, 5.74) is 2.69. The van der Waals surface area contributed by atoms with Crippen LogP contribution in [0.25, 0.3) is 10.1 Å². The molecule has 1 aliphatic heterocycles. The van der Waals surface area contributed by atoms with Crippen LogP contribution < -0.4 is 0 Å². The Kier molecular flexibility index (Phi) is 5.70. The van der Waals surface area contributed by atoms with Gasteiger partial charge in [0, 0.05) is 28.5 Å². The first kappa shape index (κ1) is 18.4. The lowest BCUT2D eigenvalue weighted by atomic mass is 9.81. The fraction of sp³-hybridized carbons (Fsp3) is 0.375. The van der Waals surface area contributed by atoms with Gasteiger partial charge in [-0.3, -0.25) is 4.90 Å². The molecule has 0 saturated carbocycles. The number of carbonyl (C=O) groups excluding carboxylic acids is 1. The molecular formula is C24H27NOS. The molecule has 1 aliphatic rings. The van der Waals surface area contributed by atoms with Crippen LogP contribution in [0.1, 0.15) is 41.2 Å². The van der Waals surface area contributed by atoms with Gasteiger partial charge in [-0.2, -0.15) is 0 Å². The second-order valence-electron chi connectivity index (χ2n) is 7.80. The Morgan fingerprint density at radius 2 is 1.89 bits per heavy atom. The quantitative estimate of drug-likeness (QED) is 0.506. The van der Waals surface area contributed by atoms with E-state index < -0.39 is 0 Å². The molecule has 2 aromatic carbocycles. The molecule has 0 N–H and O–H groups in total. The number of rotatable bonds is 6. The number of aldehydes is 1. The monoisotopic (exact) mass is 377 g/mol. The average molecular weight is 378 g/mol. The molecule has 0 amide bonds. The molecule has 1 saturated heterocycles. The Morgan fingerprint density at radius 3 is 2.63 bits per heavy atom. The van der Waals surface area contributed by atoms with Crippen molar-refractivity contribution in [1.29, 1.82) is 0 Å². The third kappa shape index (κ3) is 4.31. The van der Waals surface area contributed by atoms with Crippen molar-refractivity contribution in [2.24, 2.45) is 5.92 Å². The van der Waals surface area contributed by atoms with Gasteiger partial charge < -0.3 is 4.79 Å². The van der Waals surface area contributed by atoms with E-state index in [4.69, 9.17) is 0 Å². The number of thiophene rings is 1. The number of hydrogen-bond acceptors (Lipinski definition) is 3. The van der Waals surface area contributed by atoms with E-state index in [2.05, 4.69) is 66.4 Å². The number of piperidine rings is 1. The topological polar surface area (TPSA) is 20.3 Å². The van der Waals surface area contributed by atoms with Crippen LogP contribution in [-0.4, -0.2) is 24.3 Å². The molecule has 3 heteroatoms. The maximum Gasteiger partial charge on any atom is 0.120 e. The molecule has 0 radical (unpaired) electrons. The molecule has 27 heavy (non-hydrogen) atoms. The minimum Gasteiger partial charge on any atom is -0.303 e. The minimum absolute atomic E-state index is 0.374. The first-order valence-corrected chi connectivity index (χ1v) is 10.7. The Bertz CT molecular complexity index is 893. The Labute approximate surface area is 165 Å². The van der Waals surface area contributed by atoms with Crippen LogP contribution in [0.4, 0.5) is 0 Å². The maximum atomic E-state index is 11.4.